The van der Waals surface area contributed by atoms with Crippen molar-refractivity contribution in [3.05, 3.63) is 24.3 Å². The van der Waals surface area contributed by atoms with Gasteiger partial charge in [-0.25, -0.2) is 4.98 Å². The molecule has 2 atom stereocenters. The first-order valence-corrected chi connectivity index (χ1v) is 10.1. The third kappa shape index (κ3) is 4.49. The van der Waals surface area contributed by atoms with Crippen LogP contribution in [0.4, 0.5) is 13.2 Å². The number of H-pyrrole nitrogens is 1. The van der Waals surface area contributed by atoms with E-state index in [-0.39, 0.29) is 24.9 Å². The van der Waals surface area contributed by atoms with E-state index < -0.39 is 23.0 Å². The van der Waals surface area contributed by atoms with Gasteiger partial charge in [-0.2, -0.15) is 25.9 Å². The molecule has 0 amide bonds. The van der Waals surface area contributed by atoms with Crippen molar-refractivity contribution in [1.82, 2.24) is 28.9 Å². The maximum absolute atomic E-state index is 11.5. The van der Waals surface area contributed by atoms with Gasteiger partial charge in [0.2, 0.25) is 0 Å². The molecule has 4 heterocycles. The number of aromatic nitrogens is 5. The lowest BCUT2D eigenvalue weighted by molar-refractivity contribution is -0.118. The lowest BCUT2D eigenvalue weighted by Crippen LogP contribution is -2.28. The largest absolute Gasteiger partial charge is 0.400 e. The Hall–Kier alpha value is -2.29. The van der Waals surface area contributed by atoms with Gasteiger partial charge in [0.1, 0.15) is 5.82 Å². The van der Waals surface area contributed by atoms with Crippen molar-refractivity contribution in [2.24, 2.45) is 11.7 Å². The molecule has 0 unspecified atom stereocenters. The molecule has 0 bridgehead atoms. The van der Waals surface area contributed by atoms with Crippen LogP contribution < -0.4 is 5.73 Å². The SMILES string of the molecule is CC[C@@H]1CN(S(=O)(=O)O)C[C@@H]1c1nnc2cnc3[nH]ccc3n12.NCC(F)(F)F. The highest BCUT2D eigenvalue weighted by atomic mass is 32.2. The second-order valence-corrected chi connectivity index (χ2v) is 8.02. The Morgan fingerprint density at radius 1 is 1.34 bits per heavy atom. The second-order valence-electron chi connectivity index (χ2n) is 6.61. The number of halogens is 3. The number of nitrogens with two attached hydrogens (primary N) is 1. The number of nitrogens with zero attached hydrogens (tertiary/aromatic N) is 5. The van der Waals surface area contributed by atoms with Crippen LogP contribution in [0.15, 0.2) is 18.5 Å². The van der Waals surface area contributed by atoms with E-state index >= 15 is 0 Å². The topological polar surface area (TPSA) is 142 Å². The number of alkyl halides is 3. The maximum Gasteiger partial charge on any atom is 0.400 e. The number of aromatic amines is 1. The van der Waals surface area contributed by atoms with Gasteiger partial charge in [0, 0.05) is 25.2 Å². The van der Waals surface area contributed by atoms with Crippen molar-refractivity contribution in [3.63, 3.8) is 0 Å². The van der Waals surface area contributed by atoms with Gasteiger partial charge in [-0.1, -0.05) is 13.3 Å². The second kappa shape index (κ2) is 7.85. The Balaban J connectivity index is 0.000000353. The molecule has 0 aromatic carbocycles. The van der Waals surface area contributed by atoms with Crippen LogP contribution in [0.25, 0.3) is 16.8 Å². The van der Waals surface area contributed by atoms with E-state index in [1.165, 1.54) is 0 Å². The van der Waals surface area contributed by atoms with E-state index in [1.807, 2.05) is 17.4 Å². The third-order valence-electron chi connectivity index (χ3n) is 4.79. The minimum Gasteiger partial charge on any atom is -0.345 e. The number of hydrogen-bond donors (Lipinski definition) is 3. The molecule has 0 saturated carbocycles. The molecule has 0 aliphatic carbocycles. The Morgan fingerprint density at radius 3 is 2.62 bits per heavy atom. The molecule has 3 aromatic heterocycles. The van der Waals surface area contributed by atoms with Crippen molar-refractivity contribution in [2.45, 2.75) is 25.4 Å². The van der Waals surface area contributed by atoms with Gasteiger partial charge in [0.05, 0.1) is 18.3 Å². The first-order chi connectivity index (χ1) is 13.5. The van der Waals surface area contributed by atoms with Crippen LogP contribution in [0.5, 0.6) is 0 Å². The first kappa shape index (κ1) is 21.4. The summed E-state index contributed by atoms with van der Waals surface area (Å²) in [6.45, 7) is 1.26. The average molecular weight is 435 g/mol. The van der Waals surface area contributed by atoms with E-state index in [0.29, 0.717) is 11.5 Å². The standard InChI is InChI=1S/C13H16N6O3S.C2H4F3N/c1-2-8-6-18(23(20,21)22)7-9(8)13-17-16-11-5-15-12-10(19(11)13)3-4-14-12;3-2(4,5)1-6/h3-5,8-9,14H,2,6-7H2,1H3,(H,20,21,22);1,6H2/t8-,9+;/m1./s1. The summed E-state index contributed by atoms with van der Waals surface area (Å²) in [4.78, 5) is 7.32. The molecule has 1 aliphatic heterocycles. The van der Waals surface area contributed by atoms with E-state index in [1.54, 1.807) is 12.4 Å². The normalized spacial score (nSPS) is 20.9. The molecule has 4 N–H and O–H groups in total. The van der Waals surface area contributed by atoms with Crippen LogP contribution in [0.2, 0.25) is 0 Å². The number of fused-ring (bicyclic) bond motifs is 3. The van der Waals surface area contributed by atoms with Gasteiger partial charge < -0.3 is 10.7 Å². The Labute approximate surface area is 163 Å². The Morgan fingerprint density at radius 2 is 2.03 bits per heavy atom. The van der Waals surface area contributed by atoms with E-state index in [9.17, 15) is 26.1 Å². The minimum atomic E-state index is -4.20. The highest BCUT2D eigenvalue weighted by Gasteiger charge is 2.40. The van der Waals surface area contributed by atoms with Crippen LogP contribution >= 0.6 is 0 Å². The summed E-state index contributed by atoms with van der Waals surface area (Å²) in [5.41, 5.74) is 6.37. The molecule has 0 radical (unpaired) electrons. The molecule has 10 nitrogen and oxygen atoms in total. The van der Waals surface area contributed by atoms with Crippen LogP contribution in [-0.2, 0) is 10.3 Å². The lowest BCUT2D eigenvalue weighted by atomic mass is 9.93. The maximum atomic E-state index is 11.5. The summed E-state index contributed by atoms with van der Waals surface area (Å²) in [5.74, 6) is 0.647. The fraction of sp³-hybridized carbons (Fsp3) is 0.533. The van der Waals surface area contributed by atoms with Gasteiger partial charge in [-0.15, -0.1) is 10.2 Å². The molecule has 1 saturated heterocycles. The monoisotopic (exact) mass is 435 g/mol. The van der Waals surface area contributed by atoms with E-state index in [2.05, 4.69) is 25.9 Å². The van der Waals surface area contributed by atoms with Crippen molar-refractivity contribution >= 4 is 27.1 Å². The quantitative estimate of drug-likeness (QED) is 0.527. The summed E-state index contributed by atoms with van der Waals surface area (Å²) in [6, 6.07) is 1.89. The van der Waals surface area contributed by atoms with Crippen LogP contribution in [-0.4, -0.2) is 67.7 Å². The zero-order chi connectivity index (χ0) is 21.4. The summed E-state index contributed by atoms with van der Waals surface area (Å²) in [7, 11) is -4.20. The number of hydrogen-bond acceptors (Lipinski definition) is 6. The summed E-state index contributed by atoms with van der Waals surface area (Å²) in [5, 5.41) is 8.43. The highest BCUT2D eigenvalue weighted by molar-refractivity contribution is 7.83. The van der Waals surface area contributed by atoms with Gasteiger partial charge in [-0.3, -0.25) is 8.95 Å². The molecule has 4 rings (SSSR count). The molecule has 29 heavy (non-hydrogen) atoms. The molecule has 1 fully saturated rings. The Bertz CT molecular complexity index is 1100. The van der Waals surface area contributed by atoms with Crippen molar-refractivity contribution in [1.29, 1.82) is 0 Å². The molecule has 160 valence electrons. The fourth-order valence-electron chi connectivity index (χ4n) is 3.36. The summed E-state index contributed by atoms with van der Waals surface area (Å²) >= 11 is 0. The van der Waals surface area contributed by atoms with Crippen LogP contribution in [0, 0.1) is 5.92 Å². The van der Waals surface area contributed by atoms with Gasteiger partial charge in [-0.05, 0) is 12.0 Å². The zero-order valence-corrected chi connectivity index (χ0v) is 16.2. The zero-order valence-electron chi connectivity index (χ0n) is 15.3. The average Bonchev–Trinajstić information content (AvgIpc) is 3.36. The fourth-order valence-corrected chi connectivity index (χ4v) is 4.09. The summed E-state index contributed by atoms with van der Waals surface area (Å²) < 4.78 is 67.3. The molecule has 3 aromatic rings. The van der Waals surface area contributed by atoms with Crippen LogP contribution in [0.1, 0.15) is 25.1 Å². The van der Waals surface area contributed by atoms with E-state index in [0.717, 1.165) is 21.9 Å². The minimum absolute atomic E-state index is 0.0754. The van der Waals surface area contributed by atoms with Crippen molar-refractivity contribution < 1.29 is 26.1 Å². The first-order valence-electron chi connectivity index (χ1n) is 8.71. The van der Waals surface area contributed by atoms with E-state index in [4.69, 9.17) is 0 Å². The Kier molecular flexibility index (Phi) is 5.80. The molecule has 14 heteroatoms. The lowest BCUT2D eigenvalue weighted by Gasteiger charge is -2.14. The smallest absolute Gasteiger partial charge is 0.345 e. The predicted molar refractivity (Wildman–Crippen MR) is 97.4 cm³/mol. The predicted octanol–water partition coefficient (Wildman–Crippen LogP) is 1.34. The molecular formula is C15H20F3N7O3S. The van der Waals surface area contributed by atoms with Gasteiger partial charge in [0.25, 0.3) is 0 Å². The van der Waals surface area contributed by atoms with Gasteiger partial charge >= 0.3 is 16.5 Å². The van der Waals surface area contributed by atoms with Crippen molar-refractivity contribution in [3.8, 4) is 0 Å². The van der Waals surface area contributed by atoms with Gasteiger partial charge in [0.15, 0.2) is 11.3 Å². The highest BCUT2D eigenvalue weighted by Crippen LogP contribution is 2.35. The molecule has 1 aliphatic rings. The van der Waals surface area contributed by atoms with Crippen molar-refractivity contribution in [2.75, 3.05) is 19.6 Å². The molecular weight excluding hydrogens is 415 g/mol. The number of nitrogens with one attached hydrogen (secondary N) is 1. The molecule has 0 spiro atoms. The summed E-state index contributed by atoms with van der Waals surface area (Å²) in [6.07, 6.45) is 0.0239. The van der Waals surface area contributed by atoms with Crippen LogP contribution in [0.3, 0.4) is 0 Å². The third-order valence-corrected chi connectivity index (χ3v) is 5.74. The number of rotatable bonds is 3.